The van der Waals surface area contributed by atoms with Gasteiger partial charge in [0.05, 0.1) is 0 Å². The van der Waals surface area contributed by atoms with Crippen LogP contribution in [-0.4, -0.2) is 66.2 Å². The Morgan fingerprint density at radius 2 is 1.81 bits per heavy atom. The number of amides is 1. The largest absolute Gasteiger partial charge is 0.491 e. The Balaban J connectivity index is 1.40. The number of piperazine rings is 1. The zero-order valence-corrected chi connectivity index (χ0v) is 16.8. The average Bonchev–Trinajstić information content (AvgIpc) is 3.21. The highest BCUT2D eigenvalue weighted by atomic mass is 16.5. The highest BCUT2D eigenvalue weighted by Crippen LogP contribution is 2.27. The van der Waals surface area contributed by atoms with Gasteiger partial charge in [-0.3, -0.25) is 9.69 Å². The molecule has 2 fully saturated rings. The highest BCUT2D eigenvalue weighted by molar-refractivity contribution is 5.79. The van der Waals surface area contributed by atoms with Crippen LogP contribution in [0.25, 0.3) is 0 Å². The van der Waals surface area contributed by atoms with Crippen molar-refractivity contribution in [3.05, 3.63) is 29.8 Å². The van der Waals surface area contributed by atoms with E-state index in [1.807, 2.05) is 23.1 Å². The van der Waals surface area contributed by atoms with Gasteiger partial charge in [-0.1, -0.05) is 44.9 Å². The van der Waals surface area contributed by atoms with E-state index in [2.05, 4.69) is 24.8 Å². The summed E-state index contributed by atoms with van der Waals surface area (Å²) < 4.78 is 5.89. The first-order valence-electron chi connectivity index (χ1n) is 10.5. The fourth-order valence-electron chi connectivity index (χ4n) is 4.21. The first-order chi connectivity index (χ1) is 13.0. The fraction of sp³-hybridized carbons (Fsp3) is 0.682. The number of ether oxygens (including phenoxy) is 1. The van der Waals surface area contributed by atoms with Crippen LogP contribution in [0, 0.1) is 5.92 Å². The molecule has 1 saturated carbocycles. The van der Waals surface area contributed by atoms with Crippen LogP contribution in [0.3, 0.4) is 0 Å². The zero-order chi connectivity index (χ0) is 19.2. The number of rotatable bonds is 7. The third kappa shape index (κ3) is 5.45. The Morgan fingerprint density at radius 1 is 1.15 bits per heavy atom. The maximum atomic E-state index is 12.5. The minimum Gasteiger partial charge on any atom is -0.491 e. The lowest BCUT2D eigenvalue weighted by molar-refractivity contribution is -0.137. The lowest BCUT2D eigenvalue weighted by atomic mass is 10.0. The van der Waals surface area contributed by atoms with Crippen LogP contribution in [0.1, 0.15) is 51.0 Å². The van der Waals surface area contributed by atoms with E-state index in [9.17, 15) is 9.90 Å². The van der Waals surface area contributed by atoms with Gasteiger partial charge in [0.2, 0.25) is 5.91 Å². The fourth-order valence-corrected chi connectivity index (χ4v) is 4.21. The molecule has 0 spiro atoms. The second-order valence-electron chi connectivity index (χ2n) is 8.26. The molecule has 5 nitrogen and oxygen atoms in total. The van der Waals surface area contributed by atoms with Crippen LogP contribution in [-0.2, 0) is 4.79 Å². The topological polar surface area (TPSA) is 53.0 Å². The van der Waals surface area contributed by atoms with Crippen LogP contribution in [0.15, 0.2) is 24.3 Å². The van der Waals surface area contributed by atoms with E-state index in [-0.39, 0.29) is 5.92 Å². The summed E-state index contributed by atoms with van der Waals surface area (Å²) in [5, 5.41) is 10.4. The summed E-state index contributed by atoms with van der Waals surface area (Å²) in [6, 6.07) is 8.03. The van der Waals surface area contributed by atoms with Crippen LogP contribution < -0.4 is 4.74 Å². The number of aliphatic hydroxyl groups is 1. The Hall–Kier alpha value is -1.59. The van der Waals surface area contributed by atoms with Crippen molar-refractivity contribution in [2.24, 2.45) is 5.92 Å². The van der Waals surface area contributed by atoms with Crippen molar-refractivity contribution < 1.29 is 14.6 Å². The Bertz CT molecular complexity index is 605. The molecule has 2 aliphatic rings. The maximum Gasteiger partial charge on any atom is 0.225 e. The van der Waals surface area contributed by atoms with Gasteiger partial charge in [0.25, 0.3) is 0 Å². The summed E-state index contributed by atoms with van der Waals surface area (Å²) in [5.41, 5.74) is 1.17. The number of carbonyl (C=O) groups is 1. The molecule has 1 amide bonds. The number of benzene rings is 1. The third-order valence-corrected chi connectivity index (χ3v) is 5.83. The molecule has 1 aliphatic heterocycles. The van der Waals surface area contributed by atoms with Gasteiger partial charge in [0.15, 0.2) is 0 Å². The van der Waals surface area contributed by atoms with Crippen LogP contribution >= 0.6 is 0 Å². The lowest BCUT2D eigenvalue weighted by Crippen LogP contribution is -2.52. The molecule has 1 saturated heterocycles. The smallest absolute Gasteiger partial charge is 0.225 e. The van der Waals surface area contributed by atoms with Crippen molar-refractivity contribution in [1.29, 1.82) is 0 Å². The lowest BCUT2D eigenvalue weighted by Gasteiger charge is -2.36. The van der Waals surface area contributed by atoms with E-state index < -0.39 is 6.10 Å². The minimum atomic E-state index is -0.526. The molecule has 1 aromatic carbocycles. The van der Waals surface area contributed by atoms with Crippen molar-refractivity contribution in [3.63, 3.8) is 0 Å². The Labute approximate surface area is 163 Å². The van der Waals surface area contributed by atoms with Gasteiger partial charge in [-0.25, -0.2) is 0 Å². The van der Waals surface area contributed by atoms with E-state index in [0.717, 1.165) is 44.8 Å². The molecule has 1 N–H and O–H groups in total. The second kappa shape index (κ2) is 9.56. The number of aliphatic hydroxyl groups excluding tert-OH is 1. The number of β-amino-alcohol motifs (C(OH)–C–C–N with tert-alkyl or cyclic N) is 1. The molecule has 27 heavy (non-hydrogen) atoms. The van der Waals surface area contributed by atoms with Gasteiger partial charge in [-0.15, -0.1) is 0 Å². The number of hydrogen-bond acceptors (Lipinski definition) is 4. The van der Waals surface area contributed by atoms with E-state index in [4.69, 9.17) is 4.74 Å². The summed E-state index contributed by atoms with van der Waals surface area (Å²) in [4.78, 5) is 16.8. The van der Waals surface area contributed by atoms with Crippen LogP contribution in [0.4, 0.5) is 0 Å². The number of nitrogens with zero attached hydrogens (tertiary/aromatic N) is 2. The van der Waals surface area contributed by atoms with Crippen molar-refractivity contribution in [3.8, 4) is 5.75 Å². The van der Waals surface area contributed by atoms with Gasteiger partial charge in [-0.2, -0.15) is 0 Å². The quantitative estimate of drug-likeness (QED) is 0.797. The van der Waals surface area contributed by atoms with Gasteiger partial charge >= 0.3 is 0 Å². The van der Waals surface area contributed by atoms with E-state index in [1.165, 1.54) is 18.4 Å². The molecule has 5 heteroatoms. The highest BCUT2D eigenvalue weighted by Gasteiger charge is 2.29. The second-order valence-corrected chi connectivity index (χ2v) is 8.26. The van der Waals surface area contributed by atoms with Gasteiger partial charge in [0.1, 0.15) is 18.5 Å². The third-order valence-electron chi connectivity index (χ3n) is 5.83. The molecule has 3 rings (SSSR count). The first-order valence-corrected chi connectivity index (χ1v) is 10.5. The minimum absolute atomic E-state index is 0.261. The summed E-state index contributed by atoms with van der Waals surface area (Å²) >= 11 is 0. The van der Waals surface area contributed by atoms with E-state index in [0.29, 0.717) is 25.0 Å². The molecule has 1 aromatic rings. The predicted molar refractivity (Wildman–Crippen MR) is 107 cm³/mol. The summed E-state index contributed by atoms with van der Waals surface area (Å²) in [5.74, 6) is 1.86. The summed E-state index contributed by atoms with van der Waals surface area (Å²) in [7, 11) is 0. The standard InChI is InChI=1S/C22H34N2O3/c1-17(2)20-9-5-6-10-21(20)27-16-19(25)15-23-11-13-24(14-12-23)22(26)18-7-3-4-8-18/h5-6,9-10,17-19,25H,3-4,7-8,11-16H2,1-2H3. The molecule has 1 heterocycles. The molecule has 0 aromatic heterocycles. The summed E-state index contributed by atoms with van der Waals surface area (Å²) in [6.07, 6.45) is 3.99. The molecule has 0 bridgehead atoms. The molecule has 150 valence electrons. The van der Waals surface area contributed by atoms with Crippen molar-refractivity contribution in [2.45, 2.75) is 51.6 Å². The zero-order valence-electron chi connectivity index (χ0n) is 16.8. The van der Waals surface area contributed by atoms with E-state index >= 15 is 0 Å². The first kappa shape index (κ1) is 20.2. The molecule has 1 aliphatic carbocycles. The molecular formula is C22H34N2O3. The van der Waals surface area contributed by atoms with Crippen LogP contribution in [0.2, 0.25) is 0 Å². The Kier molecular flexibility index (Phi) is 7.13. The SMILES string of the molecule is CC(C)c1ccccc1OCC(O)CN1CCN(C(=O)C2CCCC2)CC1. The molecule has 1 unspecified atom stereocenters. The normalized spacial score (nSPS) is 20.2. The van der Waals surface area contributed by atoms with Crippen molar-refractivity contribution >= 4 is 5.91 Å². The summed E-state index contributed by atoms with van der Waals surface area (Å²) in [6.45, 7) is 8.39. The van der Waals surface area contributed by atoms with Gasteiger partial charge in [-0.05, 0) is 30.4 Å². The molecular weight excluding hydrogens is 340 g/mol. The van der Waals surface area contributed by atoms with Crippen molar-refractivity contribution in [1.82, 2.24) is 9.80 Å². The maximum absolute atomic E-state index is 12.5. The van der Waals surface area contributed by atoms with Crippen molar-refractivity contribution in [2.75, 3.05) is 39.3 Å². The molecule has 1 atom stereocenters. The number of hydrogen-bond donors (Lipinski definition) is 1. The predicted octanol–water partition coefficient (Wildman–Crippen LogP) is 2.88. The Morgan fingerprint density at radius 3 is 2.48 bits per heavy atom. The average molecular weight is 375 g/mol. The number of carbonyl (C=O) groups excluding carboxylic acids is 1. The number of para-hydroxylation sites is 1. The molecule has 0 radical (unpaired) electrons. The van der Waals surface area contributed by atoms with Crippen LogP contribution in [0.5, 0.6) is 5.75 Å². The van der Waals surface area contributed by atoms with Gasteiger partial charge in [0, 0.05) is 38.6 Å². The monoisotopic (exact) mass is 374 g/mol. The van der Waals surface area contributed by atoms with Gasteiger partial charge < -0.3 is 14.7 Å². The van der Waals surface area contributed by atoms with E-state index in [1.54, 1.807) is 0 Å².